The van der Waals surface area contributed by atoms with Gasteiger partial charge >= 0.3 is 0 Å². The first-order chi connectivity index (χ1) is 17.9. The minimum atomic E-state index is -0.496. The van der Waals surface area contributed by atoms with Crippen LogP contribution in [-0.2, 0) is 28.7 Å². The highest BCUT2D eigenvalue weighted by atomic mass is 16.7. The number of aryl methyl sites for hydroxylation is 1. The number of benzene rings is 1. The molecule has 0 aliphatic carbocycles. The van der Waals surface area contributed by atoms with E-state index in [-0.39, 0.29) is 6.04 Å². The van der Waals surface area contributed by atoms with E-state index < -0.39 is 5.79 Å². The SMILES string of the molecule is CCCCc1ncc(-c2nc(-c3ccc4c(c3C)CCN(C3COC(C)(C)OC3)CC4)no2)cc1C#N. The number of ether oxygens (including phenoxy) is 2. The highest BCUT2D eigenvalue weighted by Gasteiger charge is 2.32. The zero-order valence-electron chi connectivity index (χ0n) is 22.2. The van der Waals surface area contributed by atoms with Crippen molar-refractivity contribution in [1.82, 2.24) is 20.0 Å². The number of hydrogen-bond acceptors (Lipinski definition) is 8. The van der Waals surface area contributed by atoms with Crippen LogP contribution in [0.1, 0.15) is 61.6 Å². The second-order valence-electron chi connectivity index (χ2n) is 10.4. The molecule has 0 spiro atoms. The number of pyridine rings is 1. The molecule has 0 atom stereocenters. The molecule has 0 saturated carbocycles. The minimum absolute atomic E-state index is 0.280. The third kappa shape index (κ3) is 5.45. The molecule has 8 heteroatoms. The van der Waals surface area contributed by atoms with E-state index in [9.17, 15) is 5.26 Å². The molecule has 0 N–H and O–H groups in total. The average molecular weight is 502 g/mol. The lowest BCUT2D eigenvalue weighted by Crippen LogP contribution is -2.51. The Morgan fingerprint density at radius 3 is 2.70 bits per heavy atom. The predicted octanol–water partition coefficient (Wildman–Crippen LogP) is 4.87. The van der Waals surface area contributed by atoms with Gasteiger partial charge in [0.05, 0.1) is 36.1 Å². The molecule has 8 nitrogen and oxygen atoms in total. The van der Waals surface area contributed by atoms with Crippen LogP contribution in [0, 0.1) is 18.3 Å². The Morgan fingerprint density at radius 1 is 1.16 bits per heavy atom. The molecule has 1 fully saturated rings. The fourth-order valence-electron chi connectivity index (χ4n) is 5.23. The standard InChI is InChI=1S/C29H35N5O3/c1-5-6-7-26-21(15-30)14-22(16-31-26)28-32-27(33-37-28)25-9-8-20-10-12-34(13-11-24(20)19(25)2)23-17-35-29(3,4)36-18-23/h8-9,14,16,23H,5-7,10-13,17-18H2,1-4H3. The summed E-state index contributed by atoms with van der Waals surface area (Å²) in [6.45, 7) is 11.5. The first kappa shape index (κ1) is 25.5. The van der Waals surface area contributed by atoms with Gasteiger partial charge in [0.15, 0.2) is 5.79 Å². The van der Waals surface area contributed by atoms with E-state index in [1.165, 1.54) is 16.7 Å². The molecule has 1 saturated heterocycles. The highest BCUT2D eigenvalue weighted by molar-refractivity contribution is 5.66. The first-order valence-corrected chi connectivity index (χ1v) is 13.3. The van der Waals surface area contributed by atoms with Crippen molar-refractivity contribution in [1.29, 1.82) is 5.26 Å². The summed E-state index contributed by atoms with van der Waals surface area (Å²) < 4.78 is 17.4. The van der Waals surface area contributed by atoms with Gasteiger partial charge in [0, 0.05) is 24.8 Å². The minimum Gasteiger partial charge on any atom is -0.349 e. The van der Waals surface area contributed by atoms with Gasteiger partial charge in [-0.05, 0) is 69.2 Å². The summed E-state index contributed by atoms with van der Waals surface area (Å²) in [6.07, 6.45) is 6.51. The Hall–Kier alpha value is -3.12. The van der Waals surface area contributed by atoms with Crippen molar-refractivity contribution in [2.45, 2.75) is 71.6 Å². The molecule has 3 aromatic rings. The van der Waals surface area contributed by atoms with E-state index in [1.807, 2.05) is 13.8 Å². The number of rotatable bonds is 6. The molecule has 0 bridgehead atoms. The van der Waals surface area contributed by atoms with Crippen molar-refractivity contribution in [2.75, 3.05) is 26.3 Å². The number of nitrogens with zero attached hydrogens (tertiary/aromatic N) is 5. The van der Waals surface area contributed by atoms with Crippen molar-refractivity contribution in [3.8, 4) is 28.9 Å². The lowest BCUT2D eigenvalue weighted by molar-refractivity contribution is -0.263. The fraction of sp³-hybridized carbons (Fsp3) is 0.517. The van der Waals surface area contributed by atoms with Gasteiger partial charge in [0.2, 0.25) is 5.82 Å². The van der Waals surface area contributed by atoms with E-state index in [4.69, 9.17) is 14.0 Å². The maximum absolute atomic E-state index is 9.60. The van der Waals surface area contributed by atoms with Gasteiger partial charge in [0.1, 0.15) is 6.07 Å². The van der Waals surface area contributed by atoms with Crippen LogP contribution in [0.2, 0.25) is 0 Å². The fourth-order valence-corrected chi connectivity index (χ4v) is 5.23. The van der Waals surface area contributed by atoms with Gasteiger partial charge < -0.3 is 14.0 Å². The molecule has 0 amide bonds. The van der Waals surface area contributed by atoms with Gasteiger partial charge in [-0.2, -0.15) is 10.2 Å². The summed E-state index contributed by atoms with van der Waals surface area (Å²) in [4.78, 5) is 11.7. The summed E-state index contributed by atoms with van der Waals surface area (Å²) in [5.41, 5.74) is 6.94. The molecule has 1 aromatic carbocycles. The topological polar surface area (TPSA) is 97.3 Å². The van der Waals surface area contributed by atoms with Crippen molar-refractivity contribution in [3.63, 3.8) is 0 Å². The van der Waals surface area contributed by atoms with Crippen molar-refractivity contribution >= 4 is 0 Å². The monoisotopic (exact) mass is 501 g/mol. The van der Waals surface area contributed by atoms with Gasteiger partial charge in [-0.3, -0.25) is 9.88 Å². The summed E-state index contributed by atoms with van der Waals surface area (Å²) in [5.74, 6) is 0.437. The summed E-state index contributed by atoms with van der Waals surface area (Å²) in [7, 11) is 0. The van der Waals surface area contributed by atoms with Crippen LogP contribution in [0.5, 0.6) is 0 Å². The van der Waals surface area contributed by atoms with Gasteiger partial charge in [-0.25, -0.2) is 0 Å². The van der Waals surface area contributed by atoms with Crippen LogP contribution in [0.3, 0.4) is 0 Å². The van der Waals surface area contributed by atoms with E-state index in [2.05, 4.69) is 52.1 Å². The Balaban J connectivity index is 1.34. The molecule has 0 unspecified atom stereocenters. The number of nitriles is 1. The second-order valence-corrected chi connectivity index (χ2v) is 10.4. The Bertz CT molecular complexity index is 1300. The second kappa shape index (κ2) is 10.7. The Labute approximate surface area is 218 Å². The molecular formula is C29H35N5O3. The predicted molar refractivity (Wildman–Crippen MR) is 140 cm³/mol. The van der Waals surface area contributed by atoms with Crippen LogP contribution >= 0.6 is 0 Å². The molecule has 0 radical (unpaired) electrons. The van der Waals surface area contributed by atoms with Crippen molar-refractivity contribution in [3.05, 3.63) is 52.3 Å². The Morgan fingerprint density at radius 2 is 1.95 bits per heavy atom. The van der Waals surface area contributed by atoms with E-state index in [0.29, 0.717) is 36.1 Å². The van der Waals surface area contributed by atoms with Crippen LogP contribution < -0.4 is 0 Å². The van der Waals surface area contributed by atoms with Crippen molar-refractivity contribution in [2.24, 2.45) is 0 Å². The van der Waals surface area contributed by atoms with Gasteiger partial charge in [-0.15, -0.1) is 0 Å². The van der Waals surface area contributed by atoms with Crippen LogP contribution in [0.4, 0.5) is 0 Å². The third-order valence-corrected chi connectivity index (χ3v) is 7.55. The van der Waals surface area contributed by atoms with E-state index in [0.717, 1.165) is 56.5 Å². The normalized spacial score (nSPS) is 18.2. The average Bonchev–Trinajstić information content (AvgIpc) is 3.28. The zero-order valence-corrected chi connectivity index (χ0v) is 22.2. The number of hydrogen-bond donors (Lipinski definition) is 0. The molecule has 5 rings (SSSR count). The van der Waals surface area contributed by atoms with E-state index in [1.54, 1.807) is 12.3 Å². The third-order valence-electron chi connectivity index (χ3n) is 7.55. The number of unbranched alkanes of at least 4 members (excludes halogenated alkanes) is 1. The smallest absolute Gasteiger partial charge is 0.259 e. The lowest BCUT2D eigenvalue weighted by atomic mass is 9.93. The summed E-state index contributed by atoms with van der Waals surface area (Å²) in [6, 6.07) is 8.64. The first-order valence-electron chi connectivity index (χ1n) is 13.3. The maximum atomic E-state index is 9.60. The van der Waals surface area contributed by atoms with Gasteiger partial charge in [-0.1, -0.05) is 30.6 Å². The molecule has 37 heavy (non-hydrogen) atoms. The van der Waals surface area contributed by atoms with Crippen LogP contribution in [0.25, 0.3) is 22.8 Å². The molecular weight excluding hydrogens is 466 g/mol. The molecule has 194 valence electrons. The Kier molecular flexibility index (Phi) is 7.38. The largest absolute Gasteiger partial charge is 0.349 e. The molecule has 2 aliphatic heterocycles. The number of aromatic nitrogens is 3. The highest BCUT2D eigenvalue weighted by Crippen LogP contribution is 2.31. The summed E-state index contributed by atoms with van der Waals surface area (Å²) in [5, 5.41) is 13.9. The van der Waals surface area contributed by atoms with Crippen LogP contribution in [0.15, 0.2) is 28.9 Å². The summed E-state index contributed by atoms with van der Waals surface area (Å²) >= 11 is 0. The molecule has 4 heterocycles. The van der Waals surface area contributed by atoms with E-state index >= 15 is 0 Å². The number of fused-ring (bicyclic) bond motifs is 1. The molecule has 2 aromatic heterocycles. The quantitative estimate of drug-likeness (QED) is 0.472. The zero-order chi connectivity index (χ0) is 26.0. The van der Waals surface area contributed by atoms with Crippen molar-refractivity contribution < 1.29 is 14.0 Å². The molecule has 2 aliphatic rings. The maximum Gasteiger partial charge on any atom is 0.259 e. The lowest BCUT2D eigenvalue weighted by Gasteiger charge is -2.39. The van der Waals surface area contributed by atoms with Gasteiger partial charge in [0.25, 0.3) is 5.89 Å². The van der Waals surface area contributed by atoms with Crippen LogP contribution in [-0.4, -0.2) is 58.2 Å².